The lowest BCUT2D eigenvalue weighted by atomic mass is 9.85. The second kappa shape index (κ2) is 7.12. The van der Waals surface area contributed by atoms with E-state index >= 15 is 0 Å². The molecule has 0 aliphatic carbocycles. The first-order valence-corrected chi connectivity index (χ1v) is 9.00. The van der Waals surface area contributed by atoms with E-state index in [9.17, 15) is 4.79 Å². The fourth-order valence-corrected chi connectivity index (χ4v) is 3.55. The first-order chi connectivity index (χ1) is 13.5. The van der Waals surface area contributed by atoms with Crippen molar-refractivity contribution in [3.63, 3.8) is 0 Å². The average molecular weight is 400 g/mol. The molecule has 0 unspecified atom stereocenters. The van der Waals surface area contributed by atoms with Crippen LogP contribution in [0.5, 0.6) is 11.5 Å². The molecule has 0 saturated heterocycles. The van der Waals surface area contributed by atoms with Gasteiger partial charge in [-0.3, -0.25) is 4.79 Å². The van der Waals surface area contributed by atoms with Gasteiger partial charge in [0, 0.05) is 24.0 Å². The van der Waals surface area contributed by atoms with Gasteiger partial charge in [-0.2, -0.15) is 9.78 Å². The van der Waals surface area contributed by atoms with E-state index in [1.165, 1.54) is 0 Å². The highest BCUT2D eigenvalue weighted by Gasteiger charge is 2.33. The second-order valence-electron chi connectivity index (χ2n) is 6.42. The molecule has 1 atom stereocenters. The number of hydrogen-bond donors (Lipinski definition) is 1. The minimum Gasteiger partial charge on any atom is -0.497 e. The van der Waals surface area contributed by atoms with Gasteiger partial charge < -0.3 is 14.8 Å². The maximum Gasteiger partial charge on any atom is 0.226 e. The minimum absolute atomic E-state index is 0.109. The number of anilines is 1. The van der Waals surface area contributed by atoms with Crippen LogP contribution in [0, 0.1) is 6.92 Å². The van der Waals surface area contributed by atoms with E-state index in [4.69, 9.17) is 21.1 Å². The summed E-state index contributed by atoms with van der Waals surface area (Å²) in [6.07, 6.45) is 0.294. The van der Waals surface area contributed by atoms with Crippen LogP contribution in [-0.4, -0.2) is 40.1 Å². The number of aryl methyl sites for hydroxylation is 1. The van der Waals surface area contributed by atoms with Gasteiger partial charge in [0.15, 0.2) is 11.0 Å². The van der Waals surface area contributed by atoms with Gasteiger partial charge in [-0.15, -0.1) is 10.2 Å². The molecule has 4 rings (SSSR count). The summed E-state index contributed by atoms with van der Waals surface area (Å²) in [5.41, 5.74) is 2.63. The molecule has 1 aromatic carbocycles. The molecule has 0 radical (unpaired) electrons. The largest absolute Gasteiger partial charge is 0.497 e. The Kier molecular flexibility index (Phi) is 4.64. The fraction of sp³-hybridized carbons (Fsp3) is 0.263. The number of amides is 1. The SMILES string of the molecule is COc1cc(OC)cc([C@@H]2CC(=O)Nc3c2c(C)nn3-c2ccc(Cl)nn2)c1. The Morgan fingerprint density at radius 1 is 1.14 bits per heavy atom. The molecule has 0 bridgehead atoms. The van der Waals surface area contributed by atoms with Crippen LogP contribution in [0.15, 0.2) is 30.3 Å². The van der Waals surface area contributed by atoms with Crippen molar-refractivity contribution in [2.75, 3.05) is 19.5 Å². The highest BCUT2D eigenvalue weighted by Crippen LogP contribution is 2.41. The average Bonchev–Trinajstić information content (AvgIpc) is 3.03. The zero-order valence-electron chi connectivity index (χ0n) is 15.6. The molecule has 1 amide bonds. The lowest BCUT2D eigenvalue weighted by Crippen LogP contribution is -2.25. The van der Waals surface area contributed by atoms with Gasteiger partial charge in [-0.05, 0) is 36.8 Å². The van der Waals surface area contributed by atoms with Crippen molar-refractivity contribution in [2.24, 2.45) is 0 Å². The second-order valence-corrected chi connectivity index (χ2v) is 6.81. The van der Waals surface area contributed by atoms with Gasteiger partial charge >= 0.3 is 0 Å². The number of fused-ring (bicyclic) bond motifs is 1. The number of hydrogen-bond acceptors (Lipinski definition) is 6. The van der Waals surface area contributed by atoms with E-state index in [0.29, 0.717) is 29.6 Å². The molecular weight excluding hydrogens is 382 g/mol. The maximum atomic E-state index is 12.5. The number of ether oxygens (including phenoxy) is 2. The van der Waals surface area contributed by atoms with Gasteiger partial charge in [0.2, 0.25) is 5.91 Å². The number of carbonyl (C=O) groups excluding carboxylic acids is 1. The van der Waals surface area contributed by atoms with Gasteiger partial charge in [-0.1, -0.05) is 11.6 Å². The van der Waals surface area contributed by atoms with E-state index < -0.39 is 0 Å². The number of nitrogens with zero attached hydrogens (tertiary/aromatic N) is 4. The van der Waals surface area contributed by atoms with Crippen LogP contribution in [0.1, 0.15) is 29.2 Å². The molecule has 28 heavy (non-hydrogen) atoms. The molecule has 3 heterocycles. The van der Waals surface area contributed by atoms with Crippen LogP contribution in [0.2, 0.25) is 5.15 Å². The van der Waals surface area contributed by atoms with E-state index in [1.54, 1.807) is 37.1 Å². The first-order valence-electron chi connectivity index (χ1n) is 8.62. The third kappa shape index (κ3) is 3.16. The third-order valence-electron chi connectivity index (χ3n) is 4.71. The number of rotatable bonds is 4. The number of benzene rings is 1. The van der Waals surface area contributed by atoms with Crippen LogP contribution in [0.25, 0.3) is 5.82 Å². The Labute approximate surface area is 166 Å². The van der Waals surface area contributed by atoms with Gasteiger partial charge in [0.1, 0.15) is 17.3 Å². The Bertz CT molecular complexity index is 1030. The Hall–Kier alpha value is -3.13. The van der Waals surface area contributed by atoms with Gasteiger partial charge in [0.25, 0.3) is 0 Å². The first kappa shape index (κ1) is 18.2. The minimum atomic E-state index is -0.193. The van der Waals surface area contributed by atoms with Crippen molar-refractivity contribution in [2.45, 2.75) is 19.3 Å². The van der Waals surface area contributed by atoms with E-state index in [0.717, 1.165) is 16.8 Å². The number of methoxy groups -OCH3 is 2. The van der Waals surface area contributed by atoms with Crippen LogP contribution >= 0.6 is 11.6 Å². The number of halogens is 1. The normalized spacial score (nSPS) is 15.7. The molecule has 1 N–H and O–H groups in total. The molecular formula is C19H18ClN5O3. The van der Waals surface area contributed by atoms with Crippen LogP contribution in [0.3, 0.4) is 0 Å². The number of nitrogens with one attached hydrogen (secondary N) is 1. The van der Waals surface area contributed by atoms with Crippen molar-refractivity contribution in [1.82, 2.24) is 20.0 Å². The van der Waals surface area contributed by atoms with Crippen molar-refractivity contribution < 1.29 is 14.3 Å². The topological polar surface area (TPSA) is 91.2 Å². The number of carbonyl (C=O) groups is 1. The third-order valence-corrected chi connectivity index (χ3v) is 4.92. The summed E-state index contributed by atoms with van der Waals surface area (Å²) >= 11 is 5.83. The quantitative estimate of drug-likeness (QED) is 0.724. The molecule has 1 aliphatic rings. The maximum absolute atomic E-state index is 12.5. The summed E-state index contributed by atoms with van der Waals surface area (Å²) in [6.45, 7) is 1.90. The summed E-state index contributed by atoms with van der Waals surface area (Å²) < 4.78 is 12.4. The lowest BCUT2D eigenvalue weighted by molar-refractivity contribution is -0.116. The molecule has 9 heteroatoms. The molecule has 8 nitrogen and oxygen atoms in total. The van der Waals surface area contributed by atoms with Crippen LogP contribution in [0.4, 0.5) is 5.82 Å². The summed E-state index contributed by atoms with van der Waals surface area (Å²) in [5, 5.41) is 15.7. The van der Waals surface area contributed by atoms with E-state index in [-0.39, 0.29) is 17.0 Å². The molecule has 0 saturated carbocycles. The highest BCUT2D eigenvalue weighted by molar-refractivity contribution is 6.29. The van der Waals surface area contributed by atoms with Crippen molar-refractivity contribution in [3.05, 3.63) is 52.3 Å². The van der Waals surface area contributed by atoms with Gasteiger partial charge in [-0.25, -0.2) is 0 Å². The van der Waals surface area contributed by atoms with Crippen molar-refractivity contribution in [3.8, 4) is 17.3 Å². The zero-order chi connectivity index (χ0) is 19.8. The van der Waals surface area contributed by atoms with Crippen molar-refractivity contribution >= 4 is 23.3 Å². The summed E-state index contributed by atoms with van der Waals surface area (Å²) in [5.74, 6) is 2.07. The monoisotopic (exact) mass is 399 g/mol. The molecule has 0 spiro atoms. The zero-order valence-corrected chi connectivity index (χ0v) is 16.3. The Balaban J connectivity index is 1.86. The summed E-state index contributed by atoms with van der Waals surface area (Å²) in [4.78, 5) is 12.5. The lowest BCUT2D eigenvalue weighted by Gasteiger charge is -2.25. The predicted molar refractivity (Wildman–Crippen MR) is 104 cm³/mol. The molecule has 2 aromatic heterocycles. The van der Waals surface area contributed by atoms with Crippen LogP contribution < -0.4 is 14.8 Å². The predicted octanol–water partition coefficient (Wildman–Crippen LogP) is 3.12. The van der Waals surface area contributed by atoms with Crippen LogP contribution in [-0.2, 0) is 4.79 Å². The molecule has 0 fully saturated rings. The fourth-order valence-electron chi connectivity index (χ4n) is 3.45. The number of aromatic nitrogens is 4. The Morgan fingerprint density at radius 3 is 2.46 bits per heavy atom. The van der Waals surface area contributed by atoms with E-state index in [1.807, 2.05) is 19.1 Å². The van der Waals surface area contributed by atoms with E-state index in [2.05, 4.69) is 20.6 Å². The van der Waals surface area contributed by atoms with Gasteiger partial charge in [0.05, 0.1) is 19.9 Å². The Morgan fingerprint density at radius 2 is 1.86 bits per heavy atom. The smallest absolute Gasteiger partial charge is 0.226 e. The molecule has 3 aromatic rings. The standard InChI is InChI=1S/C19H18ClN5O3/c1-10-18-14(11-6-12(27-2)8-13(7-11)28-3)9-17(26)21-19(18)25(24-10)16-5-4-15(20)22-23-16/h4-8,14H,9H2,1-3H3,(H,21,26)/t14-/m0/s1. The molecule has 1 aliphatic heterocycles. The van der Waals surface area contributed by atoms with Crippen molar-refractivity contribution in [1.29, 1.82) is 0 Å². The summed E-state index contributed by atoms with van der Waals surface area (Å²) in [7, 11) is 3.19. The molecule has 144 valence electrons. The summed E-state index contributed by atoms with van der Waals surface area (Å²) in [6, 6.07) is 8.95. The highest BCUT2D eigenvalue weighted by atomic mass is 35.5.